The Balaban J connectivity index is 1.65. The van der Waals surface area contributed by atoms with Gasteiger partial charge in [0, 0.05) is 13.0 Å². The van der Waals surface area contributed by atoms with Gasteiger partial charge < -0.3 is 64.2 Å². The molecule has 2 aliphatic heterocycles. The van der Waals surface area contributed by atoms with E-state index >= 15 is 0 Å². The predicted molar refractivity (Wildman–Crippen MR) is 335 cm³/mol. The Bertz CT molecular complexity index is 1650. The van der Waals surface area contributed by atoms with Gasteiger partial charge in [-0.25, -0.2) is 0 Å². The van der Waals surface area contributed by atoms with Crippen molar-refractivity contribution in [3.63, 3.8) is 0 Å². The SMILES string of the molecule is CC/C=C\C/C=C\C/C=C\C/C=C\CCCCCCCCCCCCCCCOCC(COC1OC(COC2OC(CO)C(O)C(O)C2O)C(O)C(O)C1O)OC(=O)CCCCCCCCCCCCC/C=C\C/C=C\CCCCCCC. The van der Waals surface area contributed by atoms with Gasteiger partial charge in [0.15, 0.2) is 12.6 Å². The lowest BCUT2D eigenvalue weighted by molar-refractivity contribution is -0.332. The van der Waals surface area contributed by atoms with E-state index in [0.717, 1.165) is 70.6 Å². The van der Waals surface area contributed by atoms with Crippen molar-refractivity contribution in [2.45, 2.75) is 325 Å². The second kappa shape index (κ2) is 54.8. The van der Waals surface area contributed by atoms with Gasteiger partial charge >= 0.3 is 5.97 Å². The number of carbonyl (C=O) groups excluding carboxylic acids is 1. The van der Waals surface area contributed by atoms with Gasteiger partial charge in [0.1, 0.15) is 54.9 Å². The van der Waals surface area contributed by atoms with Gasteiger partial charge in [0.05, 0.1) is 26.4 Å². The molecule has 0 bridgehead atoms. The molecule has 0 radical (unpaired) electrons. The third kappa shape index (κ3) is 40.5. The first-order chi connectivity index (χ1) is 40.6. The highest BCUT2D eigenvalue weighted by atomic mass is 16.7. The van der Waals surface area contributed by atoms with Crippen LogP contribution in [0.4, 0.5) is 0 Å². The first-order valence-electron chi connectivity index (χ1n) is 33.5. The molecule has 7 N–H and O–H groups in total. The number of hydrogen-bond acceptors (Lipinski definition) is 14. The van der Waals surface area contributed by atoms with Crippen LogP contribution in [0, 0.1) is 0 Å². The number of carbonyl (C=O) groups is 1. The number of aliphatic hydroxyl groups excluding tert-OH is 7. The Kier molecular flexibility index (Phi) is 50.5. The standard InChI is InChI=1S/C69H122O14/c1-3-5-7-9-11-13-15-17-19-21-23-25-27-28-29-31-33-35-37-39-41-43-45-47-49-51-53-78-55-58(56-79-68-67(77)65(75)63(73)60(83-68)57-80-69-66(76)64(74)62(72)59(54-70)82-69)81-61(71)52-50-48-46-44-42-40-38-36-34-32-30-26-24-22-20-18-16-14-12-10-8-6-4-2/h5,7,11,13,16-19,22-25,58-60,62-70,72-77H,3-4,6,8-10,12,14-15,20-21,26-57H2,1-2H3/b7-5-,13-11-,18-16-,19-17-,24-22-,25-23-. The Morgan fingerprint density at radius 2 is 0.783 bits per heavy atom. The summed E-state index contributed by atoms with van der Waals surface area (Å²) in [5.74, 6) is -0.377. The fourth-order valence-electron chi connectivity index (χ4n) is 10.4. The van der Waals surface area contributed by atoms with E-state index in [2.05, 4.69) is 86.8 Å². The Hall–Kier alpha value is -2.57. The lowest BCUT2D eigenvalue weighted by Gasteiger charge is -2.42. The molecule has 0 amide bonds. The van der Waals surface area contributed by atoms with Crippen LogP contribution in [0.5, 0.6) is 0 Å². The van der Waals surface area contributed by atoms with Crippen LogP contribution >= 0.6 is 0 Å². The van der Waals surface area contributed by atoms with Gasteiger partial charge in [-0.05, 0) is 83.5 Å². The van der Waals surface area contributed by atoms with Crippen molar-refractivity contribution in [1.29, 1.82) is 0 Å². The number of aliphatic hydroxyl groups is 7. The average Bonchev–Trinajstić information content (AvgIpc) is 3.69. The first kappa shape index (κ1) is 76.5. The fourth-order valence-corrected chi connectivity index (χ4v) is 10.4. The predicted octanol–water partition coefficient (Wildman–Crippen LogP) is 13.8. The molecule has 0 spiro atoms. The Labute approximate surface area is 504 Å². The van der Waals surface area contributed by atoms with Crippen LogP contribution in [0.15, 0.2) is 72.9 Å². The van der Waals surface area contributed by atoms with Crippen molar-refractivity contribution in [1.82, 2.24) is 0 Å². The van der Waals surface area contributed by atoms with Gasteiger partial charge in [-0.15, -0.1) is 0 Å². The summed E-state index contributed by atoms with van der Waals surface area (Å²) in [6.45, 7) is 3.59. The normalized spacial score (nSPS) is 23.9. The Morgan fingerprint density at radius 3 is 1.23 bits per heavy atom. The summed E-state index contributed by atoms with van der Waals surface area (Å²) in [7, 11) is 0. The molecule has 0 saturated carbocycles. The molecule has 2 rings (SSSR count). The molecule has 2 heterocycles. The maximum atomic E-state index is 13.1. The molecule has 0 aromatic carbocycles. The maximum absolute atomic E-state index is 13.1. The number of ether oxygens (including phenoxy) is 6. The molecule has 14 heteroatoms. The van der Waals surface area contributed by atoms with Crippen molar-refractivity contribution in [2.75, 3.05) is 33.0 Å². The maximum Gasteiger partial charge on any atom is 0.306 e. The van der Waals surface area contributed by atoms with E-state index < -0.39 is 80.7 Å². The summed E-state index contributed by atoms with van der Waals surface area (Å²) in [5.41, 5.74) is 0. The van der Waals surface area contributed by atoms with E-state index in [1.165, 1.54) is 161 Å². The van der Waals surface area contributed by atoms with Gasteiger partial charge in [-0.1, -0.05) is 241 Å². The summed E-state index contributed by atoms with van der Waals surface area (Å²) >= 11 is 0. The van der Waals surface area contributed by atoms with Crippen LogP contribution in [-0.2, 0) is 33.2 Å². The second-order valence-electron chi connectivity index (χ2n) is 23.3. The molecule has 0 aromatic heterocycles. The largest absolute Gasteiger partial charge is 0.457 e. The molecular weight excluding hydrogens is 1050 g/mol. The van der Waals surface area contributed by atoms with Crippen molar-refractivity contribution in [2.24, 2.45) is 0 Å². The summed E-state index contributed by atoms with van der Waals surface area (Å²) in [6.07, 6.45) is 55.4. The lowest BCUT2D eigenvalue weighted by atomic mass is 9.98. The van der Waals surface area contributed by atoms with Crippen LogP contribution < -0.4 is 0 Å². The number of unbranched alkanes of at least 4 members (excludes halogenated alkanes) is 29. The van der Waals surface area contributed by atoms with Gasteiger partial charge in [-0.3, -0.25) is 4.79 Å². The highest BCUT2D eigenvalue weighted by Gasteiger charge is 2.47. The number of hydrogen-bond donors (Lipinski definition) is 7. The summed E-state index contributed by atoms with van der Waals surface area (Å²) < 4.78 is 34.5. The third-order valence-corrected chi connectivity index (χ3v) is 15.7. The van der Waals surface area contributed by atoms with Crippen LogP contribution in [0.3, 0.4) is 0 Å². The van der Waals surface area contributed by atoms with E-state index in [1.807, 2.05) is 0 Å². The fraction of sp³-hybridized carbons (Fsp3) is 0.812. The first-order valence-corrected chi connectivity index (χ1v) is 33.5. The molecule has 14 nitrogen and oxygen atoms in total. The molecule has 2 saturated heterocycles. The van der Waals surface area contributed by atoms with Crippen LogP contribution in [-0.4, -0.2) is 142 Å². The zero-order valence-electron chi connectivity index (χ0n) is 52.2. The highest BCUT2D eigenvalue weighted by molar-refractivity contribution is 5.69. The zero-order valence-corrected chi connectivity index (χ0v) is 52.2. The number of rotatable bonds is 55. The van der Waals surface area contributed by atoms with Gasteiger partial charge in [-0.2, -0.15) is 0 Å². The molecule has 11 unspecified atom stereocenters. The molecule has 83 heavy (non-hydrogen) atoms. The minimum Gasteiger partial charge on any atom is -0.457 e. The molecular formula is C69H122O14. The number of allylic oxidation sites excluding steroid dienone is 12. The minimum atomic E-state index is -1.71. The summed E-state index contributed by atoms with van der Waals surface area (Å²) in [6, 6.07) is 0. The van der Waals surface area contributed by atoms with E-state index in [-0.39, 0.29) is 25.6 Å². The summed E-state index contributed by atoms with van der Waals surface area (Å²) in [4.78, 5) is 13.1. The average molecular weight is 1180 g/mol. The topological polar surface area (TPSA) is 214 Å². The van der Waals surface area contributed by atoms with E-state index in [9.17, 15) is 40.5 Å². The molecule has 482 valence electrons. The minimum absolute atomic E-state index is 0.0585. The van der Waals surface area contributed by atoms with Gasteiger partial charge in [0.2, 0.25) is 0 Å². The van der Waals surface area contributed by atoms with E-state index in [0.29, 0.717) is 13.0 Å². The quantitative estimate of drug-likeness (QED) is 0.0171. The Morgan fingerprint density at radius 1 is 0.410 bits per heavy atom. The van der Waals surface area contributed by atoms with E-state index in [4.69, 9.17) is 28.4 Å². The second-order valence-corrected chi connectivity index (χ2v) is 23.3. The van der Waals surface area contributed by atoms with Crippen LogP contribution in [0.2, 0.25) is 0 Å². The third-order valence-electron chi connectivity index (χ3n) is 15.7. The van der Waals surface area contributed by atoms with Gasteiger partial charge in [0.25, 0.3) is 0 Å². The lowest BCUT2D eigenvalue weighted by Crippen LogP contribution is -2.61. The summed E-state index contributed by atoms with van der Waals surface area (Å²) in [5, 5.41) is 72.6. The van der Waals surface area contributed by atoms with Crippen LogP contribution in [0.25, 0.3) is 0 Å². The van der Waals surface area contributed by atoms with Crippen molar-refractivity contribution in [3.05, 3.63) is 72.9 Å². The molecule has 0 aliphatic carbocycles. The van der Waals surface area contributed by atoms with Crippen molar-refractivity contribution < 1.29 is 69.0 Å². The van der Waals surface area contributed by atoms with Crippen molar-refractivity contribution in [3.8, 4) is 0 Å². The van der Waals surface area contributed by atoms with Crippen LogP contribution in [0.1, 0.15) is 258 Å². The zero-order chi connectivity index (χ0) is 60.1. The monoisotopic (exact) mass is 1170 g/mol. The molecule has 2 aliphatic rings. The van der Waals surface area contributed by atoms with Crippen molar-refractivity contribution >= 4 is 5.97 Å². The smallest absolute Gasteiger partial charge is 0.306 e. The number of esters is 1. The highest BCUT2D eigenvalue weighted by Crippen LogP contribution is 2.27. The molecule has 11 atom stereocenters. The van der Waals surface area contributed by atoms with E-state index in [1.54, 1.807) is 0 Å². The molecule has 2 fully saturated rings. The molecule has 0 aromatic rings.